The van der Waals surface area contributed by atoms with Crippen molar-refractivity contribution in [3.05, 3.63) is 0 Å². The zero-order valence-electron chi connectivity index (χ0n) is 9.00. The molecule has 0 spiro atoms. The minimum absolute atomic E-state index is 0.145. The Morgan fingerprint density at radius 1 is 1.36 bits per heavy atom. The third-order valence-corrected chi connectivity index (χ3v) is 1.94. The summed E-state index contributed by atoms with van der Waals surface area (Å²) in [5.41, 5.74) is -0.719. The standard InChI is InChI=1S/C9H17IO4/c1-7(10)14-8(11)9(2,5-12-3)6-13-4/h7H,5-6H2,1-4H3. The van der Waals surface area contributed by atoms with E-state index < -0.39 is 5.41 Å². The van der Waals surface area contributed by atoms with E-state index >= 15 is 0 Å². The number of methoxy groups -OCH3 is 2. The average Bonchev–Trinajstić information content (AvgIpc) is 2.03. The van der Waals surface area contributed by atoms with Crippen LogP contribution in [0.5, 0.6) is 0 Å². The third kappa shape index (κ3) is 4.56. The molecule has 0 fully saturated rings. The largest absolute Gasteiger partial charge is 0.451 e. The first kappa shape index (κ1) is 14.1. The molecular formula is C9H17IO4. The van der Waals surface area contributed by atoms with Crippen LogP contribution in [-0.2, 0) is 19.0 Å². The maximum atomic E-state index is 11.7. The molecule has 0 rings (SSSR count). The lowest BCUT2D eigenvalue weighted by molar-refractivity contribution is -0.162. The number of carbonyl (C=O) groups is 1. The first-order valence-corrected chi connectivity index (χ1v) is 5.54. The van der Waals surface area contributed by atoms with Gasteiger partial charge in [0.15, 0.2) is 0 Å². The lowest BCUT2D eigenvalue weighted by Crippen LogP contribution is -2.39. The first-order valence-electron chi connectivity index (χ1n) is 4.29. The second kappa shape index (κ2) is 6.58. The molecule has 0 aromatic carbocycles. The summed E-state index contributed by atoms with van der Waals surface area (Å²) in [6.07, 6.45) is 0. The van der Waals surface area contributed by atoms with Gasteiger partial charge in [-0.15, -0.1) is 0 Å². The Kier molecular flexibility index (Phi) is 6.63. The summed E-state index contributed by atoms with van der Waals surface area (Å²) < 4.78 is 14.9. The van der Waals surface area contributed by atoms with Gasteiger partial charge in [0, 0.05) is 14.2 Å². The Hall–Kier alpha value is 0.120. The molecule has 0 heterocycles. The van der Waals surface area contributed by atoms with Crippen molar-refractivity contribution in [2.45, 2.75) is 18.0 Å². The number of hydrogen-bond donors (Lipinski definition) is 0. The highest BCUT2D eigenvalue weighted by atomic mass is 127. The van der Waals surface area contributed by atoms with E-state index in [0.29, 0.717) is 13.2 Å². The summed E-state index contributed by atoms with van der Waals surface area (Å²) in [5, 5.41) is 0. The number of halogens is 1. The molecule has 0 aliphatic carbocycles. The van der Waals surface area contributed by atoms with E-state index in [2.05, 4.69) is 0 Å². The molecule has 84 valence electrons. The quantitative estimate of drug-likeness (QED) is 0.424. The maximum Gasteiger partial charge on any atom is 0.317 e. The predicted octanol–water partition coefficient (Wildman–Crippen LogP) is 1.61. The van der Waals surface area contributed by atoms with E-state index in [0.717, 1.165) is 0 Å². The maximum absolute atomic E-state index is 11.7. The summed E-state index contributed by atoms with van der Waals surface area (Å²) >= 11 is 2.03. The van der Waals surface area contributed by atoms with Crippen LogP contribution in [0.3, 0.4) is 0 Å². The minimum atomic E-state index is -0.719. The molecule has 4 nitrogen and oxygen atoms in total. The Labute approximate surface area is 98.4 Å². The molecule has 14 heavy (non-hydrogen) atoms. The number of alkyl halides is 1. The number of rotatable bonds is 6. The van der Waals surface area contributed by atoms with Crippen molar-refractivity contribution in [3.8, 4) is 0 Å². The van der Waals surface area contributed by atoms with Gasteiger partial charge >= 0.3 is 5.97 Å². The van der Waals surface area contributed by atoms with Gasteiger partial charge in [-0.1, -0.05) is 0 Å². The Morgan fingerprint density at radius 3 is 2.07 bits per heavy atom. The van der Waals surface area contributed by atoms with Gasteiger partial charge in [0.2, 0.25) is 0 Å². The van der Waals surface area contributed by atoms with E-state index in [9.17, 15) is 4.79 Å². The molecule has 0 radical (unpaired) electrons. The van der Waals surface area contributed by atoms with Crippen LogP contribution in [0, 0.1) is 5.41 Å². The van der Waals surface area contributed by atoms with E-state index in [1.54, 1.807) is 28.1 Å². The van der Waals surface area contributed by atoms with Gasteiger partial charge in [0.1, 0.15) is 9.53 Å². The number of carbonyl (C=O) groups excluding carboxylic acids is 1. The second-order valence-corrected chi connectivity index (χ2v) is 5.13. The molecule has 1 atom stereocenters. The van der Waals surface area contributed by atoms with Crippen LogP contribution >= 0.6 is 22.6 Å². The van der Waals surface area contributed by atoms with Crippen LogP contribution in [-0.4, -0.2) is 37.5 Å². The van der Waals surface area contributed by atoms with Gasteiger partial charge in [0.05, 0.1) is 13.2 Å². The van der Waals surface area contributed by atoms with E-state index in [4.69, 9.17) is 14.2 Å². The fourth-order valence-electron chi connectivity index (χ4n) is 1.09. The Morgan fingerprint density at radius 2 is 1.79 bits per heavy atom. The molecule has 5 heteroatoms. The topological polar surface area (TPSA) is 44.8 Å². The Balaban J connectivity index is 4.38. The summed E-state index contributed by atoms with van der Waals surface area (Å²) in [4.78, 5) is 11.7. The number of hydrogen-bond acceptors (Lipinski definition) is 4. The summed E-state index contributed by atoms with van der Waals surface area (Å²) in [7, 11) is 3.10. The molecule has 0 bridgehead atoms. The Bertz CT molecular complexity index is 176. The van der Waals surface area contributed by atoms with Crippen molar-refractivity contribution in [1.29, 1.82) is 0 Å². The zero-order chi connectivity index (χ0) is 11.2. The van der Waals surface area contributed by atoms with Crippen LogP contribution in [0.15, 0.2) is 0 Å². The molecule has 0 amide bonds. The third-order valence-electron chi connectivity index (χ3n) is 1.69. The highest BCUT2D eigenvalue weighted by Gasteiger charge is 2.35. The smallest absolute Gasteiger partial charge is 0.317 e. The van der Waals surface area contributed by atoms with Crippen molar-refractivity contribution >= 4 is 28.6 Å². The van der Waals surface area contributed by atoms with Crippen LogP contribution in [0.4, 0.5) is 0 Å². The number of ether oxygens (including phenoxy) is 3. The summed E-state index contributed by atoms with van der Waals surface area (Å²) in [6.45, 7) is 4.16. The molecule has 0 saturated carbocycles. The van der Waals surface area contributed by atoms with Gasteiger partial charge in [-0.05, 0) is 36.4 Å². The van der Waals surface area contributed by atoms with E-state index in [-0.39, 0.29) is 10.1 Å². The molecule has 0 aliphatic heterocycles. The molecule has 0 aromatic rings. The minimum Gasteiger partial charge on any atom is -0.451 e. The van der Waals surface area contributed by atoms with E-state index in [1.807, 2.05) is 22.6 Å². The number of esters is 1. The van der Waals surface area contributed by atoms with Crippen LogP contribution in [0.1, 0.15) is 13.8 Å². The lowest BCUT2D eigenvalue weighted by atomic mass is 9.93. The van der Waals surface area contributed by atoms with Gasteiger partial charge < -0.3 is 14.2 Å². The zero-order valence-corrected chi connectivity index (χ0v) is 11.2. The van der Waals surface area contributed by atoms with Crippen molar-refractivity contribution in [3.63, 3.8) is 0 Å². The van der Waals surface area contributed by atoms with Crippen molar-refractivity contribution in [1.82, 2.24) is 0 Å². The van der Waals surface area contributed by atoms with Gasteiger partial charge in [-0.2, -0.15) is 0 Å². The normalized spacial score (nSPS) is 13.8. The van der Waals surface area contributed by atoms with Gasteiger partial charge in [-0.3, -0.25) is 4.79 Å². The molecule has 0 saturated heterocycles. The molecular weight excluding hydrogens is 299 g/mol. The predicted molar refractivity (Wildman–Crippen MR) is 61.4 cm³/mol. The van der Waals surface area contributed by atoms with Crippen molar-refractivity contribution < 1.29 is 19.0 Å². The SMILES string of the molecule is COCC(C)(COC)C(=O)OC(C)I. The molecule has 0 N–H and O–H groups in total. The second-order valence-electron chi connectivity index (χ2n) is 3.38. The summed E-state index contributed by atoms with van der Waals surface area (Å²) in [6, 6.07) is 0. The van der Waals surface area contributed by atoms with Crippen LogP contribution in [0.2, 0.25) is 0 Å². The highest BCUT2D eigenvalue weighted by Crippen LogP contribution is 2.21. The first-order chi connectivity index (χ1) is 6.46. The van der Waals surface area contributed by atoms with Crippen LogP contribution in [0.25, 0.3) is 0 Å². The fraction of sp³-hybridized carbons (Fsp3) is 0.889. The monoisotopic (exact) mass is 316 g/mol. The average molecular weight is 316 g/mol. The van der Waals surface area contributed by atoms with Crippen molar-refractivity contribution in [2.75, 3.05) is 27.4 Å². The van der Waals surface area contributed by atoms with Gasteiger partial charge in [0.25, 0.3) is 0 Å². The highest BCUT2D eigenvalue weighted by molar-refractivity contribution is 14.1. The van der Waals surface area contributed by atoms with Crippen molar-refractivity contribution in [2.24, 2.45) is 5.41 Å². The van der Waals surface area contributed by atoms with E-state index in [1.165, 1.54) is 0 Å². The molecule has 0 aliphatic rings. The summed E-state index contributed by atoms with van der Waals surface area (Å²) in [5.74, 6) is -0.289. The molecule has 0 aromatic heterocycles. The fourth-order valence-corrected chi connectivity index (χ4v) is 1.32. The lowest BCUT2D eigenvalue weighted by Gasteiger charge is -2.26. The van der Waals surface area contributed by atoms with Gasteiger partial charge in [-0.25, -0.2) is 0 Å². The van der Waals surface area contributed by atoms with Crippen LogP contribution < -0.4 is 0 Å². The molecule has 1 unspecified atom stereocenters.